The maximum absolute atomic E-state index is 12.1. The minimum atomic E-state index is -3.53. The fourth-order valence-corrected chi connectivity index (χ4v) is 3.74. The van der Waals surface area contributed by atoms with Gasteiger partial charge in [0.15, 0.2) is 5.96 Å². The summed E-state index contributed by atoms with van der Waals surface area (Å²) in [6, 6.07) is 3.12. The molecule has 1 aromatic heterocycles. The first-order valence-corrected chi connectivity index (χ1v) is 10.7. The van der Waals surface area contributed by atoms with E-state index < -0.39 is 10.0 Å². The molecule has 0 aliphatic heterocycles. The highest BCUT2D eigenvalue weighted by atomic mass is 32.2. The summed E-state index contributed by atoms with van der Waals surface area (Å²) >= 11 is 0. The van der Waals surface area contributed by atoms with Crippen LogP contribution in [0.5, 0.6) is 0 Å². The molecule has 0 radical (unpaired) electrons. The summed E-state index contributed by atoms with van der Waals surface area (Å²) < 4.78 is 26.8. The number of allylic oxidation sites excluding steroid dienone is 1. The zero-order chi connectivity index (χ0) is 18.7. The first-order valence-electron chi connectivity index (χ1n) is 9.21. The van der Waals surface area contributed by atoms with Gasteiger partial charge in [-0.05, 0) is 51.2 Å². The number of aromatic nitrogens is 1. The highest BCUT2D eigenvalue weighted by Crippen LogP contribution is 2.19. The van der Waals surface area contributed by atoms with Crippen LogP contribution >= 0.6 is 0 Å². The Hall–Kier alpha value is -1.93. The molecule has 0 amide bonds. The van der Waals surface area contributed by atoms with Crippen molar-refractivity contribution in [3.05, 3.63) is 36.2 Å². The second-order valence-corrected chi connectivity index (χ2v) is 7.90. The molecule has 7 nitrogen and oxygen atoms in total. The minimum Gasteiger partial charge on any atom is -0.357 e. The van der Waals surface area contributed by atoms with Crippen molar-refractivity contribution in [2.45, 2.75) is 43.9 Å². The Balaban J connectivity index is 1.76. The Kier molecular flexibility index (Phi) is 8.57. The van der Waals surface area contributed by atoms with Crippen LogP contribution in [0, 0.1) is 0 Å². The Morgan fingerprint density at radius 1 is 1.27 bits per heavy atom. The van der Waals surface area contributed by atoms with Crippen LogP contribution in [0.25, 0.3) is 0 Å². The summed E-state index contributed by atoms with van der Waals surface area (Å²) in [7, 11) is -3.53. The van der Waals surface area contributed by atoms with Crippen molar-refractivity contribution in [2.24, 2.45) is 4.99 Å². The molecule has 2 rings (SSSR count). The van der Waals surface area contributed by atoms with E-state index in [0.717, 1.165) is 19.5 Å². The lowest BCUT2D eigenvalue weighted by atomic mass is 9.97. The SMILES string of the molecule is CCNC(=NCCNS(=O)(=O)c1cccnc1)NCCC1=CCCCC1. The van der Waals surface area contributed by atoms with Gasteiger partial charge in [-0.15, -0.1) is 0 Å². The molecule has 1 aliphatic rings. The van der Waals surface area contributed by atoms with Crippen molar-refractivity contribution >= 4 is 16.0 Å². The van der Waals surface area contributed by atoms with Gasteiger partial charge >= 0.3 is 0 Å². The van der Waals surface area contributed by atoms with Gasteiger partial charge in [-0.1, -0.05) is 11.6 Å². The van der Waals surface area contributed by atoms with Gasteiger partial charge in [-0.2, -0.15) is 0 Å². The van der Waals surface area contributed by atoms with E-state index in [4.69, 9.17) is 0 Å². The number of pyridine rings is 1. The van der Waals surface area contributed by atoms with Crippen molar-refractivity contribution in [1.29, 1.82) is 0 Å². The molecule has 1 heterocycles. The molecule has 0 saturated heterocycles. The molecule has 3 N–H and O–H groups in total. The number of sulfonamides is 1. The number of nitrogens with zero attached hydrogens (tertiary/aromatic N) is 2. The van der Waals surface area contributed by atoms with Gasteiger partial charge < -0.3 is 10.6 Å². The Bertz CT molecular complexity index is 702. The molecule has 1 aromatic rings. The number of hydrogen-bond acceptors (Lipinski definition) is 4. The fourth-order valence-electron chi connectivity index (χ4n) is 2.75. The smallest absolute Gasteiger partial charge is 0.242 e. The number of rotatable bonds is 9. The monoisotopic (exact) mass is 379 g/mol. The van der Waals surface area contributed by atoms with Gasteiger partial charge in [-0.3, -0.25) is 9.98 Å². The Labute approximate surface area is 156 Å². The van der Waals surface area contributed by atoms with Gasteiger partial charge in [0.05, 0.1) is 6.54 Å². The van der Waals surface area contributed by atoms with Crippen LogP contribution < -0.4 is 15.4 Å². The van der Waals surface area contributed by atoms with E-state index >= 15 is 0 Å². The van der Waals surface area contributed by atoms with Gasteiger partial charge in [-0.25, -0.2) is 13.1 Å². The molecule has 0 saturated carbocycles. The number of nitrogens with one attached hydrogen (secondary N) is 3. The lowest BCUT2D eigenvalue weighted by Gasteiger charge is -2.15. The zero-order valence-electron chi connectivity index (χ0n) is 15.4. The van der Waals surface area contributed by atoms with E-state index in [1.165, 1.54) is 43.5 Å². The molecule has 0 atom stereocenters. The van der Waals surface area contributed by atoms with E-state index in [1.54, 1.807) is 12.3 Å². The number of hydrogen-bond donors (Lipinski definition) is 3. The summed E-state index contributed by atoms with van der Waals surface area (Å²) in [6.07, 6.45) is 11.2. The van der Waals surface area contributed by atoms with Crippen LogP contribution in [-0.2, 0) is 10.0 Å². The predicted molar refractivity (Wildman–Crippen MR) is 105 cm³/mol. The molecule has 8 heteroatoms. The van der Waals surface area contributed by atoms with Gasteiger partial charge in [0, 0.05) is 32.0 Å². The topological polar surface area (TPSA) is 95.5 Å². The zero-order valence-corrected chi connectivity index (χ0v) is 16.2. The Morgan fingerprint density at radius 2 is 2.15 bits per heavy atom. The van der Waals surface area contributed by atoms with Crippen LogP contribution in [0.4, 0.5) is 0 Å². The molecule has 0 spiro atoms. The average Bonchev–Trinajstić information content (AvgIpc) is 2.67. The molecule has 1 aliphatic carbocycles. The number of aliphatic imine (C=N–C) groups is 1. The standard InChI is InChI=1S/C18H29N5O2S/c1-2-20-18(21-12-10-16-7-4-3-5-8-16)22-13-14-23-26(24,25)17-9-6-11-19-15-17/h6-7,9,11,15,23H,2-5,8,10,12-14H2,1H3,(H2,20,21,22). The quantitative estimate of drug-likeness (QED) is 0.263. The summed E-state index contributed by atoms with van der Waals surface area (Å²) in [5.41, 5.74) is 1.52. The van der Waals surface area contributed by atoms with Crippen LogP contribution in [0.2, 0.25) is 0 Å². The predicted octanol–water partition coefficient (Wildman–Crippen LogP) is 1.81. The molecule has 0 unspecified atom stereocenters. The van der Waals surface area contributed by atoms with Crippen molar-refractivity contribution in [3.63, 3.8) is 0 Å². The first kappa shape index (κ1) is 20.4. The molecular formula is C18H29N5O2S. The molecular weight excluding hydrogens is 350 g/mol. The second-order valence-electron chi connectivity index (χ2n) is 6.13. The summed E-state index contributed by atoms with van der Waals surface area (Å²) in [5, 5.41) is 6.49. The van der Waals surface area contributed by atoms with E-state index in [2.05, 4.69) is 31.4 Å². The highest BCUT2D eigenvalue weighted by Gasteiger charge is 2.12. The fraction of sp³-hybridized carbons (Fsp3) is 0.556. The van der Waals surface area contributed by atoms with Gasteiger partial charge in [0.2, 0.25) is 10.0 Å². The van der Waals surface area contributed by atoms with Crippen LogP contribution in [0.15, 0.2) is 46.1 Å². The van der Waals surface area contributed by atoms with Crippen molar-refractivity contribution < 1.29 is 8.42 Å². The third kappa shape index (κ3) is 7.13. The Morgan fingerprint density at radius 3 is 2.85 bits per heavy atom. The lowest BCUT2D eigenvalue weighted by molar-refractivity contribution is 0.581. The lowest BCUT2D eigenvalue weighted by Crippen LogP contribution is -2.38. The van der Waals surface area contributed by atoms with Crippen molar-refractivity contribution in [1.82, 2.24) is 20.3 Å². The van der Waals surface area contributed by atoms with E-state index in [1.807, 2.05) is 6.92 Å². The summed E-state index contributed by atoms with van der Waals surface area (Å²) in [4.78, 5) is 8.42. The molecule has 0 bridgehead atoms. The third-order valence-electron chi connectivity index (χ3n) is 4.09. The summed E-state index contributed by atoms with van der Waals surface area (Å²) in [5.74, 6) is 0.712. The second kappa shape index (κ2) is 10.9. The molecule has 26 heavy (non-hydrogen) atoms. The van der Waals surface area contributed by atoms with E-state index in [9.17, 15) is 8.42 Å². The van der Waals surface area contributed by atoms with Crippen molar-refractivity contribution in [2.75, 3.05) is 26.2 Å². The molecule has 0 fully saturated rings. The normalized spacial score (nSPS) is 15.4. The molecule has 0 aromatic carbocycles. The molecule has 144 valence electrons. The van der Waals surface area contributed by atoms with Crippen molar-refractivity contribution in [3.8, 4) is 0 Å². The van der Waals surface area contributed by atoms with Gasteiger partial charge in [0.25, 0.3) is 0 Å². The van der Waals surface area contributed by atoms with Crippen LogP contribution in [-0.4, -0.2) is 45.5 Å². The van der Waals surface area contributed by atoms with Gasteiger partial charge in [0.1, 0.15) is 4.90 Å². The minimum absolute atomic E-state index is 0.162. The maximum atomic E-state index is 12.1. The maximum Gasteiger partial charge on any atom is 0.242 e. The largest absolute Gasteiger partial charge is 0.357 e. The summed E-state index contributed by atoms with van der Waals surface area (Å²) in [6.45, 7) is 4.19. The third-order valence-corrected chi connectivity index (χ3v) is 5.53. The van der Waals surface area contributed by atoms with E-state index in [-0.39, 0.29) is 11.4 Å². The first-order chi connectivity index (χ1) is 12.6. The average molecular weight is 380 g/mol. The highest BCUT2D eigenvalue weighted by molar-refractivity contribution is 7.89. The van der Waals surface area contributed by atoms with Crippen LogP contribution in [0.3, 0.4) is 0 Å². The number of guanidine groups is 1. The van der Waals surface area contributed by atoms with E-state index in [0.29, 0.717) is 12.5 Å². The van der Waals surface area contributed by atoms with Crippen LogP contribution in [0.1, 0.15) is 39.0 Å².